The Morgan fingerprint density at radius 2 is 2.03 bits per heavy atom. The van der Waals surface area contributed by atoms with Crippen molar-refractivity contribution >= 4 is 21.7 Å². The summed E-state index contributed by atoms with van der Waals surface area (Å²) in [4.78, 5) is 7.27. The van der Waals surface area contributed by atoms with E-state index < -0.39 is 0 Å². The lowest BCUT2D eigenvalue weighted by atomic mass is 9.72. The summed E-state index contributed by atoms with van der Waals surface area (Å²) in [6.07, 6.45) is 7.15. The number of fused-ring (bicyclic) bond motifs is 5. The third kappa shape index (κ3) is 3.66. The smallest absolute Gasteiger partial charge is 0.242 e. The zero-order chi connectivity index (χ0) is 23.1. The molecule has 3 aliphatic heterocycles. The molecule has 34 heavy (non-hydrogen) atoms. The van der Waals surface area contributed by atoms with E-state index in [1.165, 1.54) is 12.8 Å². The summed E-state index contributed by atoms with van der Waals surface area (Å²) in [5.41, 5.74) is 2.07. The molecule has 0 saturated carbocycles. The molecule has 0 radical (unpaired) electrons. The number of methoxy groups -OCH3 is 1. The first-order valence-corrected chi connectivity index (χ1v) is 12.3. The maximum absolute atomic E-state index is 6.87. The number of pyridine rings is 1. The molecule has 6 heteroatoms. The van der Waals surface area contributed by atoms with Gasteiger partial charge in [0.25, 0.3) is 0 Å². The Hall–Kier alpha value is -3.25. The number of hydrogen-bond acceptors (Lipinski definition) is 6. The van der Waals surface area contributed by atoms with Crippen molar-refractivity contribution in [2.75, 3.05) is 20.2 Å². The predicted octanol–water partition coefficient (Wildman–Crippen LogP) is 5.43. The van der Waals surface area contributed by atoms with Gasteiger partial charge >= 0.3 is 0 Å². The molecule has 4 aromatic rings. The predicted molar refractivity (Wildman–Crippen MR) is 133 cm³/mol. The Kier molecular flexibility index (Phi) is 5.53. The highest BCUT2D eigenvalue weighted by Crippen LogP contribution is 2.44. The van der Waals surface area contributed by atoms with Gasteiger partial charge in [0.2, 0.25) is 5.88 Å². The SMILES string of the molecule is CC[C@H]1CN2CC[C@H]1C[C@H]2[C@H](Oc1nncc2ccccc12)c1ccnc2ccc(OC)cc12. The van der Waals surface area contributed by atoms with Crippen LogP contribution in [0.1, 0.15) is 37.9 Å². The Morgan fingerprint density at radius 3 is 2.85 bits per heavy atom. The van der Waals surface area contributed by atoms with Crippen molar-refractivity contribution in [1.29, 1.82) is 0 Å². The first-order chi connectivity index (χ1) is 16.7. The molecule has 2 aromatic carbocycles. The Labute approximate surface area is 199 Å². The summed E-state index contributed by atoms with van der Waals surface area (Å²) in [6, 6.07) is 16.6. The molecule has 2 bridgehead atoms. The normalized spacial score (nSPS) is 24.9. The monoisotopic (exact) mass is 454 g/mol. The summed E-state index contributed by atoms with van der Waals surface area (Å²) in [5, 5.41) is 11.8. The second-order valence-electron chi connectivity index (χ2n) is 9.57. The highest BCUT2D eigenvalue weighted by atomic mass is 16.5. The standard InChI is InChI=1S/C28H30N4O2/c1-3-18-17-32-13-11-19(18)14-26(32)27(34-28-22-7-5-4-6-20(22)16-30-31-28)23-10-12-29-25-9-8-21(33-2)15-24(23)25/h4-10,12,15-16,18-19,26-27H,3,11,13-14,17H2,1-2H3/t18-,19-,26-,27+/m0/s1. The maximum atomic E-state index is 6.87. The Balaban J connectivity index is 1.48. The van der Waals surface area contributed by atoms with Crippen LogP contribution in [0.2, 0.25) is 0 Å². The van der Waals surface area contributed by atoms with Crippen LogP contribution in [0, 0.1) is 11.8 Å². The summed E-state index contributed by atoms with van der Waals surface area (Å²) in [6.45, 7) is 4.59. The molecule has 0 N–H and O–H groups in total. The van der Waals surface area contributed by atoms with Crippen LogP contribution in [-0.2, 0) is 0 Å². The van der Waals surface area contributed by atoms with Crippen LogP contribution in [0.25, 0.3) is 21.7 Å². The molecule has 6 nitrogen and oxygen atoms in total. The third-order valence-corrected chi connectivity index (χ3v) is 7.87. The van der Waals surface area contributed by atoms with Crippen LogP contribution in [0.15, 0.2) is 60.9 Å². The quantitative estimate of drug-likeness (QED) is 0.387. The molecule has 2 aromatic heterocycles. The number of aromatic nitrogens is 3. The van der Waals surface area contributed by atoms with E-state index in [-0.39, 0.29) is 12.1 Å². The molecule has 0 aliphatic carbocycles. The number of nitrogens with zero attached hydrogens (tertiary/aromatic N) is 4. The lowest BCUT2D eigenvalue weighted by Gasteiger charge is -2.51. The van der Waals surface area contributed by atoms with Crippen molar-refractivity contribution in [2.45, 2.75) is 38.3 Å². The Bertz CT molecular complexity index is 1320. The van der Waals surface area contributed by atoms with E-state index >= 15 is 0 Å². The van der Waals surface area contributed by atoms with Crippen molar-refractivity contribution in [2.24, 2.45) is 11.8 Å². The van der Waals surface area contributed by atoms with E-state index in [1.807, 2.05) is 30.5 Å². The number of ether oxygens (including phenoxy) is 2. The molecule has 5 atom stereocenters. The molecule has 1 unspecified atom stereocenters. The molecule has 3 aliphatic rings. The van der Waals surface area contributed by atoms with E-state index in [9.17, 15) is 0 Å². The van der Waals surface area contributed by atoms with Crippen molar-refractivity contribution in [3.8, 4) is 11.6 Å². The van der Waals surface area contributed by atoms with Gasteiger partial charge in [0.15, 0.2) is 0 Å². The van der Waals surface area contributed by atoms with Crippen molar-refractivity contribution in [3.05, 3.63) is 66.5 Å². The van der Waals surface area contributed by atoms with Gasteiger partial charge in [-0.05, 0) is 61.6 Å². The Morgan fingerprint density at radius 1 is 1.12 bits per heavy atom. The maximum Gasteiger partial charge on any atom is 0.242 e. The van der Waals surface area contributed by atoms with Gasteiger partial charge in [-0.1, -0.05) is 31.5 Å². The molecule has 5 heterocycles. The average Bonchev–Trinajstić information content (AvgIpc) is 2.91. The molecule has 174 valence electrons. The van der Waals surface area contributed by atoms with Crippen LogP contribution in [0.3, 0.4) is 0 Å². The largest absolute Gasteiger partial charge is 0.497 e. The minimum atomic E-state index is -0.182. The first-order valence-electron chi connectivity index (χ1n) is 12.3. The van der Waals surface area contributed by atoms with Gasteiger partial charge in [0.1, 0.15) is 11.9 Å². The van der Waals surface area contributed by atoms with Gasteiger partial charge < -0.3 is 9.47 Å². The van der Waals surface area contributed by atoms with Gasteiger partial charge in [0, 0.05) is 34.5 Å². The van der Waals surface area contributed by atoms with Crippen LogP contribution < -0.4 is 9.47 Å². The summed E-state index contributed by atoms with van der Waals surface area (Å²) < 4.78 is 12.4. The van der Waals surface area contributed by atoms with Crippen LogP contribution in [0.5, 0.6) is 11.6 Å². The highest BCUT2D eigenvalue weighted by Gasteiger charge is 2.44. The molecule has 0 spiro atoms. The first kappa shape index (κ1) is 21.3. The fourth-order valence-electron chi connectivity index (χ4n) is 6.04. The number of rotatable bonds is 6. The van der Waals surface area contributed by atoms with Gasteiger partial charge in [-0.25, -0.2) is 0 Å². The number of hydrogen-bond donors (Lipinski definition) is 0. The van der Waals surface area contributed by atoms with Crippen LogP contribution in [0.4, 0.5) is 0 Å². The lowest BCUT2D eigenvalue weighted by molar-refractivity contribution is -0.0491. The lowest BCUT2D eigenvalue weighted by Crippen LogP contribution is -2.56. The van der Waals surface area contributed by atoms with E-state index in [4.69, 9.17) is 9.47 Å². The minimum absolute atomic E-state index is 0.182. The topological polar surface area (TPSA) is 60.4 Å². The fourth-order valence-corrected chi connectivity index (χ4v) is 6.04. The van der Waals surface area contributed by atoms with Crippen molar-refractivity contribution in [3.63, 3.8) is 0 Å². The molecule has 3 fully saturated rings. The molecular formula is C28H30N4O2. The molecule has 7 rings (SSSR count). The van der Waals surface area contributed by atoms with Gasteiger partial charge in [0.05, 0.1) is 24.9 Å². The van der Waals surface area contributed by atoms with Gasteiger partial charge in [-0.3, -0.25) is 9.88 Å². The van der Waals surface area contributed by atoms with Crippen LogP contribution in [-0.4, -0.2) is 46.3 Å². The zero-order valence-electron chi connectivity index (χ0n) is 19.7. The third-order valence-electron chi connectivity index (χ3n) is 7.87. The van der Waals surface area contributed by atoms with Gasteiger partial charge in [-0.2, -0.15) is 5.10 Å². The van der Waals surface area contributed by atoms with E-state index in [1.54, 1.807) is 13.3 Å². The van der Waals surface area contributed by atoms with Crippen molar-refractivity contribution < 1.29 is 9.47 Å². The molecule has 0 amide bonds. The highest BCUT2D eigenvalue weighted by molar-refractivity contribution is 5.86. The minimum Gasteiger partial charge on any atom is -0.497 e. The average molecular weight is 455 g/mol. The summed E-state index contributed by atoms with van der Waals surface area (Å²) >= 11 is 0. The van der Waals surface area contributed by atoms with E-state index in [0.717, 1.165) is 64.3 Å². The molecule has 3 saturated heterocycles. The van der Waals surface area contributed by atoms with E-state index in [0.29, 0.717) is 5.88 Å². The molecular weight excluding hydrogens is 424 g/mol. The van der Waals surface area contributed by atoms with Crippen molar-refractivity contribution in [1.82, 2.24) is 20.1 Å². The fraction of sp³-hybridized carbons (Fsp3) is 0.393. The summed E-state index contributed by atoms with van der Waals surface area (Å²) in [7, 11) is 1.70. The summed E-state index contributed by atoms with van der Waals surface area (Å²) in [5.74, 6) is 2.93. The number of benzene rings is 2. The zero-order valence-corrected chi connectivity index (χ0v) is 19.7. The second-order valence-corrected chi connectivity index (χ2v) is 9.57. The van der Waals surface area contributed by atoms with Gasteiger partial charge in [-0.15, -0.1) is 5.10 Å². The second kappa shape index (κ2) is 8.84. The van der Waals surface area contributed by atoms with E-state index in [2.05, 4.69) is 51.3 Å². The number of piperidine rings is 3. The van der Waals surface area contributed by atoms with Crippen LogP contribution >= 0.6 is 0 Å².